The van der Waals surface area contributed by atoms with Crippen LogP contribution in [0.5, 0.6) is 5.75 Å². The summed E-state index contributed by atoms with van der Waals surface area (Å²) in [6.45, 7) is 1.67. The number of phenols is 1. The van der Waals surface area contributed by atoms with Crippen LogP contribution in [-0.4, -0.2) is 15.9 Å². The summed E-state index contributed by atoms with van der Waals surface area (Å²) in [6, 6.07) is 5.26. The van der Waals surface area contributed by atoms with Gasteiger partial charge in [0, 0.05) is 6.07 Å². The van der Waals surface area contributed by atoms with E-state index < -0.39 is 10.8 Å². The second-order valence-corrected chi connectivity index (χ2v) is 3.83. The Morgan fingerprint density at radius 2 is 2.21 bits per heavy atom. The largest absolute Gasteiger partial charge is 0.505 e. The van der Waals surface area contributed by atoms with Gasteiger partial charge in [-0.1, -0.05) is 6.07 Å². The highest BCUT2D eigenvalue weighted by atomic mass is 16.6. The first-order chi connectivity index (χ1) is 8.99. The predicted molar refractivity (Wildman–Crippen MR) is 66.2 cm³/mol. The monoisotopic (exact) mass is 262 g/mol. The van der Waals surface area contributed by atoms with Crippen molar-refractivity contribution in [2.75, 3.05) is 5.32 Å². The molecule has 0 radical (unpaired) electrons. The Balaban J connectivity index is 2.33. The number of carbonyl (C=O) groups is 1. The molecule has 0 aliphatic heterocycles. The Hall–Kier alpha value is -2.83. The number of nitro groups is 1. The molecule has 19 heavy (non-hydrogen) atoms. The van der Waals surface area contributed by atoms with Crippen LogP contribution < -0.4 is 5.32 Å². The van der Waals surface area contributed by atoms with Crippen molar-refractivity contribution in [1.29, 1.82) is 0 Å². The van der Waals surface area contributed by atoms with Gasteiger partial charge in [-0.15, -0.1) is 0 Å². The number of aromatic hydroxyl groups is 1. The summed E-state index contributed by atoms with van der Waals surface area (Å²) in [6.07, 6.45) is 1.23. The number of para-hydroxylation sites is 1. The molecule has 1 amide bonds. The average Bonchev–Trinajstić information content (AvgIpc) is 2.78. The van der Waals surface area contributed by atoms with Crippen LogP contribution in [0.3, 0.4) is 0 Å². The lowest BCUT2D eigenvalue weighted by atomic mass is 10.2. The number of rotatable bonds is 3. The van der Waals surface area contributed by atoms with Gasteiger partial charge in [-0.25, -0.2) is 0 Å². The number of furan rings is 1. The second-order valence-electron chi connectivity index (χ2n) is 3.83. The number of nitrogens with one attached hydrogen (secondary N) is 1. The number of hydrogen-bond acceptors (Lipinski definition) is 5. The number of amides is 1. The van der Waals surface area contributed by atoms with E-state index in [-0.39, 0.29) is 22.7 Å². The van der Waals surface area contributed by atoms with E-state index in [4.69, 9.17) is 4.42 Å². The Kier molecular flexibility index (Phi) is 3.19. The highest BCUT2D eigenvalue weighted by Crippen LogP contribution is 2.33. The van der Waals surface area contributed by atoms with E-state index in [0.717, 1.165) is 0 Å². The van der Waals surface area contributed by atoms with Gasteiger partial charge < -0.3 is 14.8 Å². The number of aryl methyl sites for hydroxylation is 1. The van der Waals surface area contributed by atoms with E-state index in [1.807, 2.05) is 0 Å². The molecular formula is C12H10N2O5. The van der Waals surface area contributed by atoms with Crippen molar-refractivity contribution in [2.45, 2.75) is 6.92 Å². The Labute approximate surface area is 107 Å². The lowest BCUT2D eigenvalue weighted by Crippen LogP contribution is -2.12. The van der Waals surface area contributed by atoms with Gasteiger partial charge >= 0.3 is 0 Å². The van der Waals surface area contributed by atoms with Crippen LogP contribution in [0.25, 0.3) is 0 Å². The summed E-state index contributed by atoms with van der Waals surface area (Å²) in [4.78, 5) is 22.0. The summed E-state index contributed by atoms with van der Waals surface area (Å²) in [7, 11) is 0. The fourth-order valence-electron chi connectivity index (χ4n) is 1.56. The van der Waals surface area contributed by atoms with Gasteiger partial charge in [0.25, 0.3) is 11.6 Å². The van der Waals surface area contributed by atoms with Crippen LogP contribution in [0.2, 0.25) is 0 Å². The molecule has 7 nitrogen and oxygen atoms in total. The zero-order chi connectivity index (χ0) is 14.0. The topological polar surface area (TPSA) is 106 Å². The van der Waals surface area contributed by atoms with Gasteiger partial charge in [-0.05, 0) is 19.1 Å². The molecule has 0 unspecified atom stereocenters. The van der Waals surface area contributed by atoms with E-state index in [2.05, 4.69) is 5.32 Å². The summed E-state index contributed by atoms with van der Waals surface area (Å²) in [5.74, 6) is -0.429. The van der Waals surface area contributed by atoms with Crippen LogP contribution in [0, 0.1) is 17.0 Å². The Morgan fingerprint density at radius 1 is 1.47 bits per heavy atom. The van der Waals surface area contributed by atoms with Crippen molar-refractivity contribution in [3.63, 3.8) is 0 Å². The standard InChI is InChI=1S/C12H10N2O5/c1-7-5-8(6-19-7)12(16)13-11-9(14(17)18)3-2-4-10(11)15/h2-6,15H,1H3,(H,13,16). The number of nitro benzene ring substituents is 1. The molecule has 1 aromatic heterocycles. The van der Waals surface area contributed by atoms with Gasteiger partial charge in [-0.2, -0.15) is 0 Å². The molecule has 0 saturated carbocycles. The minimum absolute atomic E-state index is 0.218. The number of phenolic OH excluding ortho intramolecular Hbond substituents is 1. The minimum Gasteiger partial charge on any atom is -0.505 e. The van der Waals surface area contributed by atoms with E-state index in [1.165, 1.54) is 30.5 Å². The van der Waals surface area contributed by atoms with Gasteiger partial charge in [-0.3, -0.25) is 14.9 Å². The van der Waals surface area contributed by atoms with Crippen LogP contribution in [0.4, 0.5) is 11.4 Å². The zero-order valence-electron chi connectivity index (χ0n) is 9.91. The Bertz CT molecular complexity index is 647. The SMILES string of the molecule is Cc1cc(C(=O)Nc2c(O)cccc2[N+](=O)[O-])co1. The first-order valence-electron chi connectivity index (χ1n) is 5.32. The number of nitrogens with zero attached hydrogens (tertiary/aromatic N) is 1. The molecular weight excluding hydrogens is 252 g/mol. The average molecular weight is 262 g/mol. The molecule has 0 aliphatic rings. The molecule has 0 bridgehead atoms. The maximum atomic E-state index is 11.8. The predicted octanol–water partition coefficient (Wildman–Crippen LogP) is 2.45. The molecule has 0 fully saturated rings. The molecule has 2 N–H and O–H groups in total. The van der Waals surface area contributed by atoms with Crippen LogP contribution >= 0.6 is 0 Å². The minimum atomic E-state index is -0.685. The quantitative estimate of drug-likeness (QED) is 0.502. The number of anilines is 1. The molecule has 0 atom stereocenters. The third-order valence-corrected chi connectivity index (χ3v) is 2.45. The van der Waals surface area contributed by atoms with Crippen molar-refractivity contribution in [1.82, 2.24) is 0 Å². The number of benzene rings is 1. The molecule has 0 aliphatic carbocycles. The van der Waals surface area contributed by atoms with Gasteiger partial charge in [0.2, 0.25) is 0 Å². The van der Waals surface area contributed by atoms with Crippen LogP contribution in [-0.2, 0) is 0 Å². The van der Waals surface area contributed by atoms with Crippen molar-refractivity contribution in [2.24, 2.45) is 0 Å². The molecule has 1 aromatic carbocycles. The third-order valence-electron chi connectivity index (χ3n) is 2.45. The summed E-state index contributed by atoms with van der Waals surface area (Å²) < 4.78 is 4.97. The van der Waals surface area contributed by atoms with E-state index in [1.54, 1.807) is 6.92 Å². The highest BCUT2D eigenvalue weighted by molar-refractivity contribution is 6.06. The molecule has 2 rings (SSSR count). The van der Waals surface area contributed by atoms with Crippen molar-refractivity contribution in [3.8, 4) is 5.75 Å². The summed E-state index contributed by atoms with van der Waals surface area (Å²) in [5.41, 5.74) is -0.403. The van der Waals surface area contributed by atoms with Crippen LogP contribution in [0.1, 0.15) is 16.1 Å². The van der Waals surface area contributed by atoms with Crippen molar-refractivity contribution >= 4 is 17.3 Å². The van der Waals surface area contributed by atoms with E-state index in [0.29, 0.717) is 5.76 Å². The maximum absolute atomic E-state index is 11.8. The fourth-order valence-corrected chi connectivity index (χ4v) is 1.56. The van der Waals surface area contributed by atoms with E-state index >= 15 is 0 Å². The Morgan fingerprint density at radius 3 is 2.79 bits per heavy atom. The smallest absolute Gasteiger partial charge is 0.296 e. The maximum Gasteiger partial charge on any atom is 0.296 e. The molecule has 2 aromatic rings. The van der Waals surface area contributed by atoms with Crippen molar-refractivity contribution < 1.29 is 19.2 Å². The first-order valence-corrected chi connectivity index (χ1v) is 5.32. The number of hydrogen-bond donors (Lipinski definition) is 2. The van der Waals surface area contributed by atoms with Crippen molar-refractivity contribution in [3.05, 3.63) is 52.0 Å². The van der Waals surface area contributed by atoms with E-state index in [9.17, 15) is 20.0 Å². The third kappa shape index (κ3) is 2.54. The molecule has 1 heterocycles. The molecule has 7 heteroatoms. The molecule has 0 spiro atoms. The van der Waals surface area contributed by atoms with Gasteiger partial charge in [0.15, 0.2) is 5.69 Å². The van der Waals surface area contributed by atoms with Crippen LogP contribution in [0.15, 0.2) is 34.9 Å². The summed E-state index contributed by atoms with van der Waals surface area (Å²) >= 11 is 0. The molecule has 98 valence electrons. The fraction of sp³-hybridized carbons (Fsp3) is 0.0833. The zero-order valence-corrected chi connectivity index (χ0v) is 9.91. The lowest BCUT2D eigenvalue weighted by Gasteiger charge is -2.06. The highest BCUT2D eigenvalue weighted by Gasteiger charge is 2.20. The first kappa shape index (κ1) is 12.6. The second kappa shape index (κ2) is 4.81. The van der Waals surface area contributed by atoms with Gasteiger partial charge in [0.1, 0.15) is 17.8 Å². The lowest BCUT2D eigenvalue weighted by molar-refractivity contribution is -0.384. The molecule has 0 saturated heterocycles. The normalized spacial score (nSPS) is 10.2. The van der Waals surface area contributed by atoms with Gasteiger partial charge in [0.05, 0.1) is 10.5 Å². The number of carbonyl (C=O) groups excluding carboxylic acids is 1. The summed E-state index contributed by atoms with van der Waals surface area (Å²) in [5, 5.41) is 22.7.